The molecule has 0 saturated heterocycles. The summed E-state index contributed by atoms with van der Waals surface area (Å²) in [6.45, 7) is 0. The molecule has 0 fully saturated rings. The van der Waals surface area contributed by atoms with Crippen LogP contribution in [-0.2, 0) is 0 Å². The zero-order valence-corrected chi connectivity index (χ0v) is 44.4. The van der Waals surface area contributed by atoms with Gasteiger partial charge in [0.15, 0.2) is 0 Å². The molecule has 0 amide bonds. The predicted octanol–water partition coefficient (Wildman–Crippen LogP) is 18.4. The fourth-order valence-electron chi connectivity index (χ4n) is 13.3. The summed E-state index contributed by atoms with van der Waals surface area (Å²) >= 11 is 0. The Morgan fingerprint density at radius 1 is 0.305 bits per heavy atom. The molecular weight excluding hydrogens is 999 g/mol. The van der Waals surface area contributed by atoms with Gasteiger partial charge in [0, 0.05) is 77.0 Å². The van der Waals surface area contributed by atoms with Gasteiger partial charge < -0.3 is 23.6 Å². The summed E-state index contributed by atoms with van der Waals surface area (Å²) in [5.74, 6) is 0. The van der Waals surface area contributed by atoms with Crippen LogP contribution < -0.4 is 5.32 Å². The first-order chi connectivity index (χ1) is 40.7. The number of fused-ring (bicyclic) bond motifs is 14. The van der Waals surface area contributed by atoms with E-state index in [1.807, 2.05) is 0 Å². The number of hydrogen-bond acceptors (Lipinski definition) is 3. The molecule has 7 nitrogen and oxygen atoms in total. The van der Waals surface area contributed by atoms with Gasteiger partial charge >= 0.3 is 0 Å². The molecule has 7 heteroatoms. The quantitative estimate of drug-likeness (QED) is 0.165. The van der Waals surface area contributed by atoms with Gasteiger partial charge in [0.1, 0.15) is 0 Å². The zero-order chi connectivity index (χ0) is 53.8. The van der Waals surface area contributed by atoms with E-state index in [0.717, 1.165) is 73.4 Å². The second-order valence-corrected chi connectivity index (χ2v) is 21.3. The molecule has 0 bridgehead atoms. The van der Waals surface area contributed by atoms with Crippen LogP contribution in [0.2, 0.25) is 0 Å². The predicted molar refractivity (Wildman–Crippen MR) is 340 cm³/mol. The molecule has 7 heterocycles. The van der Waals surface area contributed by atoms with Gasteiger partial charge in [-0.1, -0.05) is 170 Å². The molecule has 384 valence electrons. The van der Waals surface area contributed by atoms with E-state index in [0.29, 0.717) is 0 Å². The van der Waals surface area contributed by atoms with Gasteiger partial charge in [-0.3, -0.25) is 4.98 Å². The van der Waals surface area contributed by atoms with Crippen molar-refractivity contribution in [2.75, 3.05) is 0 Å². The topological polar surface area (TPSA) is 57.5 Å². The molecule has 10 aromatic carbocycles. The van der Waals surface area contributed by atoms with Crippen LogP contribution in [0.4, 0.5) is 0 Å². The van der Waals surface area contributed by atoms with E-state index >= 15 is 0 Å². The second kappa shape index (κ2) is 18.3. The van der Waals surface area contributed by atoms with Gasteiger partial charge in [-0.05, 0) is 115 Å². The van der Waals surface area contributed by atoms with Crippen molar-refractivity contribution in [3.63, 3.8) is 0 Å². The lowest BCUT2D eigenvalue weighted by atomic mass is 10.0. The van der Waals surface area contributed by atoms with E-state index in [9.17, 15) is 0 Å². The number of nitrogens with one attached hydrogen (secondary N) is 1. The molecular formula is C75H49N7. The summed E-state index contributed by atoms with van der Waals surface area (Å²) in [6.07, 6.45) is 6.41. The molecule has 6 aromatic heterocycles. The Morgan fingerprint density at radius 3 is 1.27 bits per heavy atom. The summed E-state index contributed by atoms with van der Waals surface area (Å²) < 4.78 is 9.70. The average Bonchev–Trinajstić information content (AvgIpc) is 2.32. The van der Waals surface area contributed by atoms with Crippen molar-refractivity contribution in [3.8, 4) is 45.3 Å². The standard InChI is InChI=1S/C75H49N7/c1-3-22-50(23-4-1)79-68-40-13-9-30-58(68)72-70(79)44-42-56-54-28-7-11-38-66(54)81(74(56)72)52-26-15-20-48(46-52)60-32-17-34-62(76-60)64-36-19-37-65(78-64)63-35-18-33-61(77-63)49-21-16-27-53(47-49)82-67-39-12-8-29-55(67)57-43-45-71-73(75(57)82)59-31-10-14-41-69(59)80(71)51-24-5-2-6-25-51/h1-47,64,78H. The molecule has 1 unspecified atom stereocenters. The number of pyridine rings is 2. The number of benzene rings is 10. The summed E-state index contributed by atoms with van der Waals surface area (Å²) in [5.41, 5.74) is 20.5. The van der Waals surface area contributed by atoms with Crippen molar-refractivity contribution in [2.24, 2.45) is 0 Å². The van der Waals surface area contributed by atoms with Crippen molar-refractivity contribution in [1.82, 2.24) is 33.6 Å². The average molecular weight is 1050 g/mol. The minimum absolute atomic E-state index is 0.176. The van der Waals surface area contributed by atoms with Crippen molar-refractivity contribution in [2.45, 2.75) is 6.04 Å². The molecule has 1 N–H and O–H groups in total. The van der Waals surface area contributed by atoms with Crippen LogP contribution in [0.1, 0.15) is 17.4 Å². The largest absolute Gasteiger partial charge is 0.372 e. The first kappa shape index (κ1) is 45.9. The van der Waals surface area contributed by atoms with Gasteiger partial charge in [-0.2, -0.15) is 0 Å². The Hall–Kier alpha value is -11.0. The Morgan fingerprint density at radius 2 is 0.732 bits per heavy atom. The molecule has 17 rings (SSSR count). The number of nitrogens with zero attached hydrogens (tertiary/aromatic N) is 6. The van der Waals surface area contributed by atoms with Crippen molar-refractivity contribution in [3.05, 3.63) is 297 Å². The van der Waals surface area contributed by atoms with Crippen molar-refractivity contribution >= 4 is 92.9 Å². The summed E-state index contributed by atoms with van der Waals surface area (Å²) in [7, 11) is 0. The Bertz CT molecular complexity index is 5320. The number of para-hydroxylation sites is 6. The highest BCUT2D eigenvalue weighted by Gasteiger charge is 2.24. The van der Waals surface area contributed by atoms with Crippen LogP contribution in [0.25, 0.3) is 138 Å². The summed E-state index contributed by atoms with van der Waals surface area (Å²) in [4.78, 5) is 10.7. The lowest BCUT2D eigenvalue weighted by Gasteiger charge is -2.22. The van der Waals surface area contributed by atoms with Gasteiger partial charge in [-0.25, -0.2) is 4.98 Å². The van der Waals surface area contributed by atoms with Crippen molar-refractivity contribution in [1.29, 1.82) is 0 Å². The van der Waals surface area contributed by atoms with Crippen LogP contribution in [0.3, 0.4) is 0 Å². The van der Waals surface area contributed by atoms with Crippen LogP contribution in [0.15, 0.2) is 285 Å². The molecule has 16 aromatic rings. The minimum atomic E-state index is -0.176. The molecule has 1 aliphatic heterocycles. The number of hydrogen-bond donors (Lipinski definition) is 1. The summed E-state index contributed by atoms with van der Waals surface area (Å²) in [5, 5.41) is 13.6. The van der Waals surface area contributed by atoms with E-state index in [4.69, 9.17) is 9.97 Å². The molecule has 0 spiro atoms. The van der Waals surface area contributed by atoms with Crippen LogP contribution in [0.5, 0.6) is 0 Å². The maximum atomic E-state index is 5.39. The van der Waals surface area contributed by atoms with E-state index in [1.54, 1.807) is 0 Å². The normalized spacial score (nSPS) is 13.6. The van der Waals surface area contributed by atoms with Crippen LogP contribution in [0, 0.1) is 0 Å². The molecule has 0 aliphatic carbocycles. The van der Waals surface area contributed by atoms with Gasteiger partial charge in [0.2, 0.25) is 0 Å². The zero-order valence-electron chi connectivity index (χ0n) is 44.4. The van der Waals surface area contributed by atoms with E-state index in [-0.39, 0.29) is 6.04 Å². The summed E-state index contributed by atoms with van der Waals surface area (Å²) in [6, 6.07) is 95.9. The highest BCUT2D eigenvalue weighted by atomic mass is 15.0. The van der Waals surface area contributed by atoms with Gasteiger partial charge in [0.25, 0.3) is 0 Å². The smallest absolute Gasteiger partial charge is 0.0873 e. The highest BCUT2D eigenvalue weighted by molar-refractivity contribution is 6.27. The Balaban J connectivity index is 0.712. The van der Waals surface area contributed by atoms with E-state index < -0.39 is 0 Å². The van der Waals surface area contributed by atoms with Crippen LogP contribution >= 0.6 is 0 Å². The lowest BCUT2D eigenvalue weighted by molar-refractivity contribution is 0.735. The maximum Gasteiger partial charge on any atom is 0.0873 e. The van der Waals surface area contributed by atoms with Crippen molar-refractivity contribution < 1.29 is 0 Å². The fourth-order valence-corrected chi connectivity index (χ4v) is 13.3. The first-order valence-corrected chi connectivity index (χ1v) is 28.0. The minimum Gasteiger partial charge on any atom is -0.372 e. The third-order valence-electron chi connectivity index (χ3n) is 16.8. The number of aromatic nitrogens is 6. The van der Waals surface area contributed by atoms with Gasteiger partial charge in [0.05, 0.1) is 78.6 Å². The third-order valence-corrected chi connectivity index (χ3v) is 16.8. The second-order valence-electron chi connectivity index (χ2n) is 21.3. The number of dihydropyridines is 1. The fraction of sp³-hybridized carbons (Fsp3) is 0.0133. The van der Waals surface area contributed by atoms with Gasteiger partial charge in [-0.15, -0.1) is 0 Å². The SMILES string of the molecule is C1=CC(c2cccc(-c3cccc(-n4c5ccccc5c5ccc6c(c7ccccc7n6-c6ccccc6)c54)c3)n2)NC(c2cccc(-c3cccc(-n4c5ccccc5c5ccc6c(c7ccccc7n6-c6ccccc6)c54)c3)n2)=C1. The molecule has 0 saturated carbocycles. The highest BCUT2D eigenvalue weighted by Crippen LogP contribution is 2.45. The Labute approximate surface area is 471 Å². The molecule has 1 aliphatic rings. The first-order valence-electron chi connectivity index (χ1n) is 28.0. The molecule has 0 radical (unpaired) electrons. The molecule has 1 atom stereocenters. The number of allylic oxidation sites excluding steroid dienone is 2. The number of rotatable bonds is 8. The van der Waals surface area contributed by atoms with E-state index in [1.165, 1.54) is 76.2 Å². The molecule has 82 heavy (non-hydrogen) atoms. The third kappa shape index (κ3) is 7.03. The van der Waals surface area contributed by atoms with Crippen LogP contribution in [-0.4, -0.2) is 28.2 Å². The lowest BCUT2D eigenvalue weighted by Crippen LogP contribution is -2.22. The Kier molecular flexibility index (Phi) is 10.2. The maximum absolute atomic E-state index is 5.39. The monoisotopic (exact) mass is 1050 g/mol. The van der Waals surface area contributed by atoms with E-state index in [2.05, 4.69) is 309 Å².